The van der Waals surface area contributed by atoms with E-state index in [1.807, 2.05) is 33.8 Å². The van der Waals surface area contributed by atoms with Crippen molar-refractivity contribution in [3.63, 3.8) is 0 Å². The molecule has 0 aromatic rings. The average Bonchev–Trinajstić information content (AvgIpc) is 2.77. The van der Waals surface area contributed by atoms with E-state index in [1.54, 1.807) is 26.8 Å². The van der Waals surface area contributed by atoms with Crippen LogP contribution in [-0.2, 0) is 28.6 Å². The Morgan fingerprint density at radius 2 is 1.83 bits per heavy atom. The van der Waals surface area contributed by atoms with Crippen molar-refractivity contribution in [3.8, 4) is 0 Å². The van der Waals surface area contributed by atoms with Gasteiger partial charge in [-0.15, -0.1) is 0 Å². The van der Waals surface area contributed by atoms with Gasteiger partial charge in [0.15, 0.2) is 5.79 Å². The highest BCUT2D eigenvalue weighted by Crippen LogP contribution is 2.31. The Labute approximate surface area is 179 Å². The minimum Gasteiger partial charge on any atom is -0.460 e. The van der Waals surface area contributed by atoms with Crippen molar-refractivity contribution >= 4 is 17.8 Å². The normalized spacial score (nSPS) is 24.8. The van der Waals surface area contributed by atoms with Crippen LogP contribution in [0.3, 0.4) is 0 Å². The van der Waals surface area contributed by atoms with Gasteiger partial charge in [0.25, 0.3) is 11.8 Å². The highest BCUT2D eigenvalue weighted by atomic mass is 16.7. The van der Waals surface area contributed by atoms with E-state index in [0.29, 0.717) is 24.0 Å². The van der Waals surface area contributed by atoms with Crippen LogP contribution in [0.2, 0.25) is 0 Å². The molecule has 0 radical (unpaired) electrons. The van der Waals surface area contributed by atoms with Crippen molar-refractivity contribution in [1.29, 1.82) is 0 Å². The zero-order valence-electron chi connectivity index (χ0n) is 19.2. The summed E-state index contributed by atoms with van der Waals surface area (Å²) < 4.78 is 17.3. The van der Waals surface area contributed by atoms with Crippen LogP contribution >= 0.6 is 0 Å². The second kappa shape index (κ2) is 9.43. The Morgan fingerprint density at radius 1 is 1.20 bits per heavy atom. The molecule has 168 valence electrons. The molecule has 1 fully saturated rings. The van der Waals surface area contributed by atoms with Crippen molar-refractivity contribution in [1.82, 2.24) is 4.90 Å². The molecule has 7 heteroatoms. The maximum absolute atomic E-state index is 12.6. The number of nitrogens with zero attached hydrogens (tertiary/aromatic N) is 1. The quantitative estimate of drug-likeness (QED) is 0.461. The Morgan fingerprint density at radius 3 is 2.43 bits per heavy atom. The monoisotopic (exact) mass is 421 g/mol. The number of carbonyl (C=O) groups excluding carboxylic acids is 3. The van der Waals surface area contributed by atoms with Gasteiger partial charge in [-0.05, 0) is 54.4 Å². The lowest BCUT2D eigenvalue weighted by Crippen LogP contribution is -2.47. The third-order valence-electron chi connectivity index (χ3n) is 4.88. The number of esters is 1. The zero-order chi connectivity index (χ0) is 22.7. The first kappa shape index (κ1) is 24.3. The van der Waals surface area contributed by atoms with Crippen molar-refractivity contribution in [2.24, 2.45) is 0 Å². The molecule has 0 saturated carbocycles. The summed E-state index contributed by atoms with van der Waals surface area (Å²) in [6.45, 7) is 13.0. The minimum absolute atomic E-state index is 0.134. The van der Waals surface area contributed by atoms with Crippen LogP contribution in [0, 0.1) is 0 Å². The molecule has 0 aliphatic carbocycles. The lowest BCUT2D eigenvalue weighted by molar-refractivity contribution is -0.300. The Balaban J connectivity index is 1.98. The lowest BCUT2D eigenvalue weighted by atomic mass is 10.0. The van der Waals surface area contributed by atoms with Gasteiger partial charge in [0.1, 0.15) is 5.60 Å². The van der Waals surface area contributed by atoms with Crippen LogP contribution in [0.15, 0.2) is 23.3 Å². The summed E-state index contributed by atoms with van der Waals surface area (Å²) in [6.07, 6.45) is 4.91. The van der Waals surface area contributed by atoms with Crippen LogP contribution in [0.5, 0.6) is 0 Å². The van der Waals surface area contributed by atoms with E-state index in [0.717, 1.165) is 6.42 Å². The maximum Gasteiger partial charge on any atom is 0.308 e. The van der Waals surface area contributed by atoms with E-state index in [1.165, 1.54) is 4.90 Å². The first-order chi connectivity index (χ1) is 13.8. The van der Waals surface area contributed by atoms with Crippen LogP contribution < -0.4 is 0 Å². The molecule has 1 saturated heterocycles. The number of ether oxygens (including phenoxy) is 3. The van der Waals surface area contributed by atoms with Gasteiger partial charge in [-0.3, -0.25) is 19.3 Å². The third kappa shape index (κ3) is 6.51. The molecule has 2 aliphatic rings. The first-order valence-electron chi connectivity index (χ1n) is 10.6. The van der Waals surface area contributed by atoms with E-state index in [-0.39, 0.29) is 43.0 Å². The molecule has 0 unspecified atom stereocenters. The molecule has 30 heavy (non-hydrogen) atoms. The van der Waals surface area contributed by atoms with Crippen LogP contribution in [0.4, 0.5) is 0 Å². The molecule has 2 amide bonds. The molecule has 2 heterocycles. The zero-order valence-corrected chi connectivity index (χ0v) is 19.2. The molecule has 0 N–H and O–H groups in total. The lowest BCUT2D eigenvalue weighted by Gasteiger charge is -2.41. The number of rotatable bonds is 7. The fourth-order valence-electron chi connectivity index (χ4n) is 3.71. The predicted molar refractivity (Wildman–Crippen MR) is 112 cm³/mol. The van der Waals surface area contributed by atoms with Crippen LogP contribution in [0.1, 0.15) is 74.1 Å². The SMILES string of the molecule is CC/C=C\C1=C(C)C(=O)N(CC[C@@H]2C[C@H](CC(=O)OC(C)(C)C)OC(C)(C)O2)C1=O. The van der Waals surface area contributed by atoms with Crippen molar-refractivity contribution in [2.75, 3.05) is 6.54 Å². The molecular weight excluding hydrogens is 386 g/mol. The molecule has 0 aromatic heterocycles. The van der Waals surface area contributed by atoms with Gasteiger partial charge < -0.3 is 14.2 Å². The summed E-state index contributed by atoms with van der Waals surface area (Å²) in [7, 11) is 0. The predicted octanol–water partition coefficient (Wildman–Crippen LogP) is 3.67. The maximum atomic E-state index is 12.6. The van der Waals surface area contributed by atoms with Crippen LogP contribution in [0.25, 0.3) is 0 Å². The van der Waals surface area contributed by atoms with E-state index < -0.39 is 11.4 Å². The van der Waals surface area contributed by atoms with Gasteiger partial charge in [-0.25, -0.2) is 0 Å². The number of amides is 2. The minimum atomic E-state index is -0.863. The van der Waals surface area contributed by atoms with Crippen LogP contribution in [-0.4, -0.2) is 52.8 Å². The van der Waals surface area contributed by atoms with Gasteiger partial charge >= 0.3 is 5.97 Å². The molecule has 0 spiro atoms. The standard InChI is InChI=1S/C23H35NO6/c1-8-9-10-18-15(2)20(26)24(21(18)27)12-11-16-13-17(29-23(6,7)28-16)14-19(25)30-22(3,4)5/h9-10,16-17H,8,11-14H2,1-7H3/b10-9-/t16-,17-/m1/s1. The number of imide groups is 1. The number of allylic oxidation sites excluding steroid dienone is 1. The molecule has 0 bridgehead atoms. The summed E-state index contributed by atoms with van der Waals surface area (Å²) in [5, 5.41) is 0. The van der Waals surface area contributed by atoms with Gasteiger partial charge in [-0.2, -0.15) is 0 Å². The van der Waals surface area contributed by atoms with Crippen molar-refractivity contribution in [2.45, 2.75) is 97.7 Å². The topological polar surface area (TPSA) is 82.1 Å². The Bertz CT molecular complexity index is 743. The number of hydrogen-bond donors (Lipinski definition) is 0. The second-order valence-corrected chi connectivity index (χ2v) is 9.31. The van der Waals surface area contributed by atoms with Gasteiger partial charge in [-0.1, -0.05) is 19.1 Å². The molecule has 2 aliphatic heterocycles. The molecular formula is C23H35NO6. The fourth-order valence-corrected chi connectivity index (χ4v) is 3.71. The van der Waals surface area contributed by atoms with Crippen molar-refractivity contribution < 1.29 is 28.6 Å². The third-order valence-corrected chi connectivity index (χ3v) is 4.88. The number of carbonyl (C=O) groups is 3. The smallest absolute Gasteiger partial charge is 0.308 e. The fraction of sp³-hybridized carbons (Fsp3) is 0.696. The van der Waals surface area contributed by atoms with Crippen molar-refractivity contribution in [3.05, 3.63) is 23.3 Å². The van der Waals surface area contributed by atoms with E-state index in [2.05, 4.69) is 0 Å². The summed E-state index contributed by atoms with van der Waals surface area (Å²) in [5.74, 6) is -1.70. The van der Waals surface area contributed by atoms with E-state index >= 15 is 0 Å². The second-order valence-electron chi connectivity index (χ2n) is 9.31. The highest BCUT2D eigenvalue weighted by molar-refractivity contribution is 6.20. The Kier molecular flexibility index (Phi) is 7.64. The largest absolute Gasteiger partial charge is 0.460 e. The Hall–Kier alpha value is -1.99. The summed E-state index contributed by atoms with van der Waals surface area (Å²) in [6, 6.07) is 0. The average molecular weight is 422 g/mol. The summed E-state index contributed by atoms with van der Waals surface area (Å²) in [4.78, 5) is 38.6. The van der Waals surface area contributed by atoms with E-state index in [4.69, 9.17) is 14.2 Å². The molecule has 2 atom stereocenters. The molecule has 2 rings (SSSR count). The van der Waals surface area contributed by atoms with Gasteiger partial charge in [0.2, 0.25) is 0 Å². The van der Waals surface area contributed by atoms with Gasteiger partial charge in [0.05, 0.1) is 18.6 Å². The summed E-state index contributed by atoms with van der Waals surface area (Å²) in [5.41, 5.74) is 0.376. The first-order valence-corrected chi connectivity index (χ1v) is 10.6. The summed E-state index contributed by atoms with van der Waals surface area (Å²) >= 11 is 0. The highest BCUT2D eigenvalue weighted by Gasteiger charge is 2.39. The van der Waals surface area contributed by atoms with E-state index in [9.17, 15) is 14.4 Å². The number of hydrogen-bond acceptors (Lipinski definition) is 6. The van der Waals surface area contributed by atoms with Gasteiger partial charge in [0, 0.05) is 24.1 Å². The molecule has 7 nitrogen and oxygen atoms in total. The molecule has 0 aromatic carbocycles.